The van der Waals surface area contributed by atoms with Gasteiger partial charge in [-0.05, 0) is 43.5 Å². The van der Waals surface area contributed by atoms with Gasteiger partial charge in [0.25, 0.3) is 5.91 Å². The average molecular weight is 323 g/mol. The van der Waals surface area contributed by atoms with Crippen LogP contribution < -0.4 is 21.1 Å². The largest absolute Gasteiger partial charge is 0.324 e. The van der Waals surface area contributed by atoms with Crippen LogP contribution in [0.2, 0.25) is 0 Å². The molecule has 1 aromatic carbocycles. The highest BCUT2D eigenvalue weighted by molar-refractivity contribution is 5.96. The Hall–Kier alpha value is -2.33. The summed E-state index contributed by atoms with van der Waals surface area (Å²) in [4.78, 5) is 14.7. The zero-order valence-corrected chi connectivity index (χ0v) is 13.7. The third-order valence-electron chi connectivity index (χ3n) is 4.83. The Morgan fingerprint density at radius 1 is 1.29 bits per heavy atom. The Balaban J connectivity index is 1.55. The number of hydrazine groups is 1. The van der Waals surface area contributed by atoms with Gasteiger partial charge in [-0.3, -0.25) is 20.0 Å². The van der Waals surface area contributed by atoms with Crippen molar-refractivity contribution in [2.24, 2.45) is 0 Å². The average Bonchev–Trinajstić information content (AvgIpc) is 3.24. The number of hydrogen-bond donors (Lipinski definition) is 3. The SMILES string of the molecule is C#Cc1ccc(N2C=C3C(=O)NC(N4CCCC4)NC3N2)c(C)c1. The fourth-order valence-corrected chi connectivity index (χ4v) is 3.53. The normalized spacial score (nSPS) is 26.8. The van der Waals surface area contributed by atoms with Crippen LogP contribution in [0.1, 0.15) is 24.0 Å². The Kier molecular flexibility index (Phi) is 3.77. The molecule has 2 saturated heterocycles. The third-order valence-corrected chi connectivity index (χ3v) is 4.83. The first-order chi connectivity index (χ1) is 11.7. The fraction of sp³-hybridized carbons (Fsp3) is 0.389. The highest BCUT2D eigenvalue weighted by Gasteiger charge is 2.38. The zero-order valence-electron chi connectivity index (χ0n) is 13.7. The number of carbonyl (C=O) groups excluding carboxylic acids is 1. The van der Waals surface area contributed by atoms with Crippen LogP contribution in [0.3, 0.4) is 0 Å². The van der Waals surface area contributed by atoms with E-state index in [1.165, 1.54) is 12.8 Å². The van der Waals surface area contributed by atoms with Gasteiger partial charge in [-0.1, -0.05) is 5.92 Å². The molecule has 4 rings (SSSR count). The second-order valence-electron chi connectivity index (χ2n) is 6.45. The molecule has 0 radical (unpaired) electrons. The van der Waals surface area contributed by atoms with E-state index >= 15 is 0 Å². The summed E-state index contributed by atoms with van der Waals surface area (Å²) in [6.07, 6.45) is 9.37. The zero-order chi connectivity index (χ0) is 16.7. The van der Waals surface area contributed by atoms with E-state index in [-0.39, 0.29) is 18.4 Å². The predicted octanol–water partition coefficient (Wildman–Crippen LogP) is 0.610. The molecule has 3 N–H and O–H groups in total. The maximum absolute atomic E-state index is 12.5. The Morgan fingerprint density at radius 2 is 2.08 bits per heavy atom. The van der Waals surface area contributed by atoms with E-state index in [1.54, 1.807) is 0 Å². The molecule has 0 spiro atoms. The topological polar surface area (TPSA) is 59.6 Å². The number of carbonyl (C=O) groups is 1. The van der Waals surface area contributed by atoms with Gasteiger partial charge >= 0.3 is 0 Å². The Bertz CT molecular complexity index is 744. The molecular formula is C18H21N5O. The van der Waals surface area contributed by atoms with Crippen molar-refractivity contribution in [1.82, 2.24) is 21.0 Å². The van der Waals surface area contributed by atoms with Crippen molar-refractivity contribution >= 4 is 11.6 Å². The van der Waals surface area contributed by atoms with Crippen LogP contribution in [-0.4, -0.2) is 36.4 Å². The number of terminal acetylenes is 1. The summed E-state index contributed by atoms with van der Waals surface area (Å²) in [5.41, 5.74) is 6.96. The molecule has 2 unspecified atom stereocenters. The molecule has 2 atom stereocenters. The molecule has 3 aliphatic rings. The van der Waals surface area contributed by atoms with Gasteiger partial charge in [-0.25, -0.2) is 5.43 Å². The molecule has 0 aromatic heterocycles. The van der Waals surface area contributed by atoms with E-state index in [1.807, 2.05) is 36.3 Å². The van der Waals surface area contributed by atoms with Crippen molar-refractivity contribution in [2.45, 2.75) is 32.2 Å². The van der Waals surface area contributed by atoms with Crippen molar-refractivity contribution in [2.75, 3.05) is 18.1 Å². The van der Waals surface area contributed by atoms with Gasteiger partial charge < -0.3 is 5.32 Å². The molecule has 6 nitrogen and oxygen atoms in total. The molecule has 2 fully saturated rings. The first-order valence-corrected chi connectivity index (χ1v) is 8.31. The molecular weight excluding hydrogens is 302 g/mol. The lowest BCUT2D eigenvalue weighted by atomic mass is 10.1. The number of amides is 1. The first-order valence-electron chi connectivity index (χ1n) is 8.31. The smallest absolute Gasteiger partial charge is 0.254 e. The molecule has 0 saturated carbocycles. The van der Waals surface area contributed by atoms with Crippen LogP contribution in [0, 0.1) is 19.3 Å². The highest BCUT2D eigenvalue weighted by Crippen LogP contribution is 2.26. The number of fused-ring (bicyclic) bond motifs is 1. The first kappa shape index (κ1) is 15.2. The minimum absolute atomic E-state index is 0.0245. The van der Waals surface area contributed by atoms with Crippen molar-refractivity contribution in [3.05, 3.63) is 41.1 Å². The molecule has 124 valence electrons. The van der Waals surface area contributed by atoms with E-state index in [0.717, 1.165) is 29.9 Å². The van der Waals surface area contributed by atoms with Crippen LogP contribution in [-0.2, 0) is 4.79 Å². The number of rotatable bonds is 2. The molecule has 1 aromatic rings. The minimum Gasteiger partial charge on any atom is -0.324 e. The maximum Gasteiger partial charge on any atom is 0.254 e. The van der Waals surface area contributed by atoms with Gasteiger partial charge in [0.05, 0.1) is 11.3 Å². The summed E-state index contributed by atoms with van der Waals surface area (Å²) in [5.74, 6) is 2.62. The number of aryl methyl sites for hydroxylation is 1. The number of hydrogen-bond acceptors (Lipinski definition) is 5. The second-order valence-corrected chi connectivity index (χ2v) is 6.45. The van der Waals surface area contributed by atoms with E-state index < -0.39 is 0 Å². The van der Waals surface area contributed by atoms with Gasteiger partial charge in [0.15, 0.2) is 0 Å². The summed E-state index contributed by atoms with van der Waals surface area (Å²) >= 11 is 0. The van der Waals surface area contributed by atoms with Crippen LogP contribution in [0.15, 0.2) is 30.0 Å². The quantitative estimate of drug-likeness (QED) is 0.696. The van der Waals surface area contributed by atoms with Crippen molar-refractivity contribution in [3.63, 3.8) is 0 Å². The molecule has 6 heteroatoms. The molecule has 0 aliphatic carbocycles. The molecule has 3 heterocycles. The lowest BCUT2D eigenvalue weighted by Gasteiger charge is -2.36. The lowest BCUT2D eigenvalue weighted by molar-refractivity contribution is -0.121. The van der Waals surface area contributed by atoms with E-state index in [9.17, 15) is 4.79 Å². The summed E-state index contributed by atoms with van der Waals surface area (Å²) < 4.78 is 0. The summed E-state index contributed by atoms with van der Waals surface area (Å²) in [6, 6.07) is 5.85. The van der Waals surface area contributed by atoms with Crippen LogP contribution >= 0.6 is 0 Å². The van der Waals surface area contributed by atoms with Crippen LogP contribution in [0.25, 0.3) is 0 Å². The number of nitrogens with one attached hydrogen (secondary N) is 3. The lowest BCUT2D eigenvalue weighted by Crippen LogP contribution is -2.66. The van der Waals surface area contributed by atoms with Gasteiger partial charge in [-0.2, -0.15) is 0 Å². The maximum atomic E-state index is 12.5. The minimum atomic E-state index is -0.184. The van der Waals surface area contributed by atoms with Gasteiger partial charge in [0.1, 0.15) is 12.5 Å². The number of likely N-dealkylation sites (tertiary alicyclic amines) is 1. The molecule has 24 heavy (non-hydrogen) atoms. The molecule has 1 amide bonds. The Labute approximate surface area is 141 Å². The monoisotopic (exact) mass is 323 g/mol. The van der Waals surface area contributed by atoms with Crippen molar-refractivity contribution in [1.29, 1.82) is 0 Å². The Morgan fingerprint density at radius 3 is 2.79 bits per heavy atom. The molecule has 0 bridgehead atoms. The van der Waals surface area contributed by atoms with Crippen LogP contribution in [0.5, 0.6) is 0 Å². The summed E-state index contributed by atoms with van der Waals surface area (Å²) in [5, 5.41) is 8.42. The predicted molar refractivity (Wildman–Crippen MR) is 92.5 cm³/mol. The summed E-state index contributed by atoms with van der Waals surface area (Å²) in [6.45, 7) is 4.04. The van der Waals surface area contributed by atoms with E-state index in [2.05, 4.69) is 26.9 Å². The van der Waals surface area contributed by atoms with Crippen LogP contribution in [0.4, 0.5) is 5.69 Å². The van der Waals surface area contributed by atoms with Crippen molar-refractivity contribution in [3.8, 4) is 12.3 Å². The fourth-order valence-electron chi connectivity index (χ4n) is 3.53. The standard InChI is InChI=1S/C18H21N5O/c1-3-13-6-7-15(12(2)10-13)23-11-14-16(21-23)19-18(20-17(14)24)22-8-4-5-9-22/h1,6-7,10-11,16,18-19,21H,4-5,8-9H2,2H3,(H,20,24). The number of nitrogens with zero attached hydrogens (tertiary/aromatic N) is 2. The summed E-state index contributed by atoms with van der Waals surface area (Å²) in [7, 11) is 0. The highest BCUT2D eigenvalue weighted by atomic mass is 16.2. The third kappa shape index (κ3) is 2.57. The number of anilines is 1. The van der Waals surface area contributed by atoms with Crippen molar-refractivity contribution < 1.29 is 4.79 Å². The van der Waals surface area contributed by atoms with E-state index in [4.69, 9.17) is 6.42 Å². The second kappa shape index (κ2) is 5.95. The van der Waals surface area contributed by atoms with Gasteiger partial charge in [-0.15, -0.1) is 6.42 Å². The number of benzene rings is 1. The van der Waals surface area contributed by atoms with E-state index in [0.29, 0.717) is 5.57 Å². The molecule has 3 aliphatic heterocycles. The van der Waals surface area contributed by atoms with Gasteiger partial charge in [0.2, 0.25) is 0 Å². The van der Waals surface area contributed by atoms with Gasteiger partial charge in [0, 0.05) is 24.9 Å².